The minimum Gasteiger partial charge on any atom is -0.350 e. The van der Waals surface area contributed by atoms with Crippen LogP contribution in [0, 0.1) is 5.41 Å². The lowest BCUT2D eigenvalue weighted by molar-refractivity contribution is 0.0924. The molecule has 0 atom stereocenters. The van der Waals surface area contributed by atoms with E-state index < -0.39 is 0 Å². The summed E-state index contributed by atoms with van der Waals surface area (Å²) < 4.78 is 3.12. The molecule has 2 fully saturated rings. The predicted octanol–water partition coefficient (Wildman–Crippen LogP) is 3.90. The van der Waals surface area contributed by atoms with Gasteiger partial charge in [0.1, 0.15) is 5.69 Å². The second-order valence-corrected chi connectivity index (χ2v) is 7.30. The zero-order valence-electron chi connectivity index (χ0n) is 11.4. The van der Waals surface area contributed by atoms with E-state index in [9.17, 15) is 4.79 Å². The Bertz CT molecular complexity index is 484. The van der Waals surface area contributed by atoms with Crippen LogP contribution in [0.4, 0.5) is 0 Å². The zero-order valence-corrected chi connectivity index (χ0v) is 13.0. The van der Waals surface area contributed by atoms with Crippen LogP contribution in [0.3, 0.4) is 0 Å². The molecule has 0 saturated heterocycles. The highest BCUT2D eigenvalue weighted by Crippen LogP contribution is 2.38. The molecule has 19 heavy (non-hydrogen) atoms. The van der Waals surface area contributed by atoms with Crippen LogP contribution in [-0.2, 0) is 0 Å². The number of carbonyl (C=O) groups excluding carboxylic acids is 1. The minimum absolute atomic E-state index is 0.0747. The first-order valence-electron chi connectivity index (χ1n) is 7.23. The van der Waals surface area contributed by atoms with Crippen LogP contribution in [0.15, 0.2) is 16.7 Å². The largest absolute Gasteiger partial charge is 0.350 e. The van der Waals surface area contributed by atoms with Gasteiger partial charge >= 0.3 is 0 Å². The zero-order chi connectivity index (χ0) is 13.5. The van der Waals surface area contributed by atoms with Crippen LogP contribution < -0.4 is 5.32 Å². The van der Waals surface area contributed by atoms with Crippen LogP contribution in [0.1, 0.15) is 62.0 Å². The summed E-state index contributed by atoms with van der Waals surface area (Å²) in [5, 5.41) is 3.14. The fourth-order valence-corrected chi connectivity index (χ4v) is 3.51. The number of rotatable bonds is 4. The molecule has 2 aliphatic rings. The Morgan fingerprint density at radius 3 is 2.79 bits per heavy atom. The van der Waals surface area contributed by atoms with Gasteiger partial charge in [0.05, 0.1) is 0 Å². The normalized spacial score (nSPS) is 21.6. The summed E-state index contributed by atoms with van der Waals surface area (Å²) in [6.45, 7) is 3.09. The molecule has 1 amide bonds. The number of halogens is 1. The molecule has 2 saturated carbocycles. The molecule has 3 rings (SSSR count). The molecule has 0 unspecified atom stereocenters. The molecular weight excluding hydrogens is 304 g/mol. The molecule has 0 bridgehead atoms. The van der Waals surface area contributed by atoms with Gasteiger partial charge in [-0.25, -0.2) is 0 Å². The van der Waals surface area contributed by atoms with Gasteiger partial charge in [-0.2, -0.15) is 0 Å². The van der Waals surface area contributed by atoms with E-state index in [-0.39, 0.29) is 5.91 Å². The molecule has 104 valence electrons. The van der Waals surface area contributed by atoms with Gasteiger partial charge in [-0.1, -0.05) is 19.8 Å². The number of nitrogens with one attached hydrogen (secondary N) is 1. The predicted molar refractivity (Wildman–Crippen MR) is 79.3 cm³/mol. The van der Waals surface area contributed by atoms with Gasteiger partial charge in [-0.3, -0.25) is 4.79 Å². The van der Waals surface area contributed by atoms with Crippen LogP contribution in [0.5, 0.6) is 0 Å². The Labute approximate surface area is 122 Å². The van der Waals surface area contributed by atoms with Gasteiger partial charge in [0.25, 0.3) is 5.91 Å². The second kappa shape index (κ2) is 4.97. The number of hydrogen-bond acceptors (Lipinski definition) is 1. The topological polar surface area (TPSA) is 34.0 Å². The van der Waals surface area contributed by atoms with Crippen molar-refractivity contribution in [2.24, 2.45) is 5.41 Å². The average Bonchev–Trinajstić information content (AvgIpc) is 3.02. The Kier molecular flexibility index (Phi) is 3.46. The third-order valence-electron chi connectivity index (χ3n) is 4.47. The molecule has 3 nitrogen and oxygen atoms in total. The van der Waals surface area contributed by atoms with E-state index in [0.29, 0.717) is 11.5 Å². The first-order chi connectivity index (χ1) is 9.07. The van der Waals surface area contributed by atoms with Gasteiger partial charge in [0.2, 0.25) is 0 Å². The van der Waals surface area contributed by atoms with Gasteiger partial charge in [0, 0.05) is 23.3 Å². The molecule has 0 radical (unpaired) electrons. The molecule has 1 N–H and O–H groups in total. The smallest absolute Gasteiger partial charge is 0.267 e. The monoisotopic (exact) mass is 324 g/mol. The molecule has 4 heteroatoms. The fourth-order valence-electron chi connectivity index (χ4n) is 3.07. The van der Waals surface area contributed by atoms with Crippen LogP contribution in [0.2, 0.25) is 0 Å². The maximum Gasteiger partial charge on any atom is 0.267 e. The van der Waals surface area contributed by atoms with Crippen LogP contribution in [-0.4, -0.2) is 17.0 Å². The van der Waals surface area contributed by atoms with E-state index >= 15 is 0 Å². The van der Waals surface area contributed by atoms with Crippen molar-refractivity contribution >= 4 is 21.8 Å². The standard InChI is InChI=1S/C15H21BrN2O/c1-15(6-2-3-7-15)10-17-14(19)13-8-11(16)9-18(13)12-4-5-12/h8-9,12H,2-7,10H2,1H3,(H,17,19). The van der Waals surface area contributed by atoms with Gasteiger partial charge < -0.3 is 9.88 Å². The van der Waals surface area contributed by atoms with Crippen LogP contribution in [0.25, 0.3) is 0 Å². The number of aromatic nitrogens is 1. The Balaban J connectivity index is 1.66. The van der Waals surface area contributed by atoms with Crippen molar-refractivity contribution in [1.29, 1.82) is 0 Å². The molecular formula is C15H21BrN2O. The summed E-state index contributed by atoms with van der Waals surface area (Å²) in [5.41, 5.74) is 1.11. The van der Waals surface area contributed by atoms with Gasteiger partial charge in [-0.05, 0) is 53.1 Å². The second-order valence-electron chi connectivity index (χ2n) is 6.38. The van der Waals surface area contributed by atoms with Gasteiger partial charge in [-0.15, -0.1) is 0 Å². The Morgan fingerprint density at radius 2 is 2.16 bits per heavy atom. The highest BCUT2D eigenvalue weighted by atomic mass is 79.9. The van der Waals surface area contributed by atoms with Crippen molar-refractivity contribution < 1.29 is 4.79 Å². The number of hydrogen-bond donors (Lipinski definition) is 1. The average molecular weight is 325 g/mol. The van der Waals surface area contributed by atoms with E-state index in [1.165, 1.54) is 38.5 Å². The summed E-state index contributed by atoms with van der Waals surface area (Å²) in [6.07, 6.45) is 9.50. The van der Waals surface area contributed by atoms with Crippen LogP contribution >= 0.6 is 15.9 Å². The van der Waals surface area contributed by atoms with E-state index in [0.717, 1.165) is 16.7 Å². The Hall–Kier alpha value is -0.770. The lowest BCUT2D eigenvalue weighted by Gasteiger charge is -2.23. The fraction of sp³-hybridized carbons (Fsp3) is 0.667. The first-order valence-corrected chi connectivity index (χ1v) is 8.02. The molecule has 1 aromatic heterocycles. The van der Waals surface area contributed by atoms with Crippen molar-refractivity contribution in [1.82, 2.24) is 9.88 Å². The van der Waals surface area contributed by atoms with E-state index in [4.69, 9.17) is 0 Å². The van der Waals surface area contributed by atoms with Crippen molar-refractivity contribution in [3.8, 4) is 0 Å². The molecule has 1 aromatic rings. The lowest BCUT2D eigenvalue weighted by atomic mass is 9.89. The highest BCUT2D eigenvalue weighted by molar-refractivity contribution is 9.10. The summed E-state index contributed by atoms with van der Waals surface area (Å²) in [4.78, 5) is 12.4. The molecule has 0 aromatic carbocycles. The summed E-state index contributed by atoms with van der Waals surface area (Å²) in [5.74, 6) is 0.0747. The van der Waals surface area contributed by atoms with Crippen molar-refractivity contribution in [3.63, 3.8) is 0 Å². The molecule has 1 heterocycles. The maximum atomic E-state index is 12.4. The number of amides is 1. The third kappa shape index (κ3) is 2.88. The number of nitrogens with zero attached hydrogens (tertiary/aromatic N) is 1. The van der Waals surface area contributed by atoms with Crippen molar-refractivity contribution in [3.05, 3.63) is 22.4 Å². The molecule has 0 aliphatic heterocycles. The summed E-state index contributed by atoms with van der Waals surface area (Å²) in [7, 11) is 0. The molecule has 2 aliphatic carbocycles. The summed E-state index contributed by atoms with van der Waals surface area (Å²) in [6, 6.07) is 2.47. The van der Waals surface area contributed by atoms with Crippen molar-refractivity contribution in [2.75, 3.05) is 6.54 Å². The van der Waals surface area contributed by atoms with E-state index in [2.05, 4.69) is 32.7 Å². The Morgan fingerprint density at radius 1 is 1.47 bits per heavy atom. The lowest BCUT2D eigenvalue weighted by Crippen LogP contribution is -2.35. The van der Waals surface area contributed by atoms with E-state index in [1.807, 2.05) is 12.3 Å². The first kappa shape index (κ1) is 13.2. The molecule has 0 spiro atoms. The highest BCUT2D eigenvalue weighted by Gasteiger charge is 2.31. The SMILES string of the molecule is CC1(CNC(=O)c2cc(Br)cn2C2CC2)CCCC1. The third-order valence-corrected chi connectivity index (χ3v) is 4.91. The van der Waals surface area contributed by atoms with Crippen molar-refractivity contribution in [2.45, 2.75) is 51.5 Å². The van der Waals surface area contributed by atoms with E-state index in [1.54, 1.807) is 0 Å². The minimum atomic E-state index is 0.0747. The van der Waals surface area contributed by atoms with Gasteiger partial charge in [0.15, 0.2) is 0 Å². The quantitative estimate of drug-likeness (QED) is 0.895. The maximum absolute atomic E-state index is 12.4. The summed E-state index contributed by atoms with van der Waals surface area (Å²) >= 11 is 3.47. The number of carbonyl (C=O) groups is 1.